The number of hydrogen-bond acceptors (Lipinski definition) is 6. The van der Waals surface area contributed by atoms with E-state index in [4.69, 9.17) is 5.73 Å². The lowest BCUT2D eigenvalue weighted by atomic mass is 10.1. The number of fused-ring (bicyclic) bond motifs is 1. The molecular weight excluding hydrogens is 356 g/mol. The van der Waals surface area contributed by atoms with Crippen LogP contribution >= 0.6 is 0 Å². The zero-order valence-corrected chi connectivity index (χ0v) is 15.4. The van der Waals surface area contributed by atoms with Crippen LogP contribution in [0.4, 0.5) is 11.6 Å². The van der Waals surface area contributed by atoms with Crippen LogP contribution < -0.4 is 26.8 Å². The highest BCUT2D eigenvalue weighted by Crippen LogP contribution is 2.18. The second-order valence-electron chi connectivity index (χ2n) is 6.71. The Balaban J connectivity index is 1.57. The van der Waals surface area contributed by atoms with Gasteiger partial charge in [0.15, 0.2) is 0 Å². The Morgan fingerprint density at radius 2 is 1.89 bits per heavy atom. The number of amides is 1. The van der Waals surface area contributed by atoms with Gasteiger partial charge in [-0.25, -0.2) is 4.98 Å². The van der Waals surface area contributed by atoms with Crippen LogP contribution in [0.5, 0.6) is 0 Å². The van der Waals surface area contributed by atoms with E-state index in [1.54, 1.807) is 30.3 Å². The highest BCUT2D eigenvalue weighted by molar-refractivity contribution is 6.05. The van der Waals surface area contributed by atoms with E-state index in [9.17, 15) is 9.59 Å². The number of anilines is 2. The third-order valence-corrected chi connectivity index (χ3v) is 4.82. The summed E-state index contributed by atoms with van der Waals surface area (Å²) in [6, 6.07) is 12.3. The van der Waals surface area contributed by atoms with E-state index in [2.05, 4.69) is 25.5 Å². The van der Waals surface area contributed by atoms with E-state index in [-0.39, 0.29) is 11.5 Å². The van der Waals surface area contributed by atoms with Crippen molar-refractivity contribution in [1.29, 1.82) is 0 Å². The fourth-order valence-corrected chi connectivity index (χ4v) is 3.23. The lowest BCUT2D eigenvalue weighted by Crippen LogP contribution is -2.44. The van der Waals surface area contributed by atoms with E-state index in [1.165, 1.54) is 0 Å². The van der Waals surface area contributed by atoms with Gasteiger partial charge in [0.25, 0.3) is 11.5 Å². The first-order valence-electron chi connectivity index (χ1n) is 9.24. The summed E-state index contributed by atoms with van der Waals surface area (Å²) in [5, 5.41) is 6.54. The van der Waals surface area contributed by atoms with Crippen LogP contribution in [-0.4, -0.2) is 42.1 Å². The summed E-state index contributed by atoms with van der Waals surface area (Å²) in [7, 11) is 0. The van der Waals surface area contributed by atoms with E-state index in [0.29, 0.717) is 34.6 Å². The molecule has 2 heterocycles. The number of aromatic amines is 1. The predicted octanol–water partition coefficient (Wildman–Crippen LogP) is 1.04. The lowest BCUT2D eigenvalue weighted by molar-refractivity contribution is 0.102. The average Bonchev–Trinajstić information content (AvgIpc) is 2.74. The number of piperazine rings is 1. The third kappa shape index (κ3) is 3.73. The molecule has 0 radical (unpaired) electrons. The molecule has 1 amide bonds. The second kappa shape index (κ2) is 7.79. The van der Waals surface area contributed by atoms with Gasteiger partial charge >= 0.3 is 0 Å². The summed E-state index contributed by atoms with van der Waals surface area (Å²) in [6.45, 7) is 3.74. The molecule has 28 heavy (non-hydrogen) atoms. The van der Waals surface area contributed by atoms with Gasteiger partial charge in [-0.1, -0.05) is 12.1 Å². The average molecular weight is 378 g/mol. The molecule has 1 aliphatic rings. The Labute approximate surface area is 161 Å². The highest BCUT2D eigenvalue weighted by Gasteiger charge is 2.15. The maximum absolute atomic E-state index is 12.6. The molecule has 0 unspecified atom stereocenters. The standard InChI is InChI=1S/C20H22N6O2/c21-12-13-1-3-14(4-2-13)18(27)23-15-5-6-17-16(11-15)19(28)25-20(24-17)26-9-7-22-8-10-26/h1-6,11,22H,7-10,12,21H2,(H,23,27)(H,24,25,28). The van der Waals surface area contributed by atoms with Crippen molar-refractivity contribution < 1.29 is 4.79 Å². The van der Waals surface area contributed by atoms with Crippen molar-refractivity contribution in [3.05, 3.63) is 63.9 Å². The zero-order chi connectivity index (χ0) is 19.5. The molecule has 8 heteroatoms. The van der Waals surface area contributed by atoms with Gasteiger partial charge in [-0.3, -0.25) is 14.6 Å². The first-order chi connectivity index (χ1) is 13.6. The summed E-state index contributed by atoms with van der Waals surface area (Å²) >= 11 is 0. The Morgan fingerprint density at radius 3 is 2.61 bits per heavy atom. The van der Waals surface area contributed by atoms with Crippen LogP contribution in [0.3, 0.4) is 0 Å². The van der Waals surface area contributed by atoms with Crippen molar-refractivity contribution in [2.24, 2.45) is 5.73 Å². The van der Waals surface area contributed by atoms with Crippen LogP contribution in [0.25, 0.3) is 10.9 Å². The number of benzene rings is 2. The summed E-state index contributed by atoms with van der Waals surface area (Å²) in [6.07, 6.45) is 0. The number of nitrogens with two attached hydrogens (primary N) is 1. The maximum Gasteiger partial charge on any atom is 0.260 e. The summed E-state index contributed by atoms with van der Waals surface area (Å²) in [4.78, 5) is 34.5. The van der Waals surface area contributed by atoms with Crippen molar-refractivity contribution >= 4 is 28.4 Å². The van der Waals surface area contributed by atoms with Crippen molar-refractivity contribution in [3.63, 3.8) is 0 Å². The molecule has 1 aromatic heterocycles. The number of carbonyl (C=O) groups excluding carboxylic acids is 1. The lowest BCUT2D eigenvalue weighted by Gasteiger charge is -2.27. The van der Waals surface area contributed by atoms with Crippen molar-refractivity contribution in [1.82, 2.24) is 15.3 Å². The largest absolute Gasteiger partial charge is 0.340 e. The Hall–Kier alpha value is -3.23. The smallest absolute Gasteiger partial charge is 0.260 e. The fourth-order valence-electron chi connectivity index (χ4n) is 3.23. The van der Waals surface area contributed by atoms with Crippen LogP contribution in [0.15, 0.2) is 47.3 Å². The number of hydrogen-bond donors (Lipinski definition) is 4. The summed E-state index contributed by atoms with van der Waals surface area (Å²) in [5.74, 6) is 0.334. The third-order valence-electron chi connectivity index (χ3n) is 4.82. The predicted molar refractivity (Wildman–Crippen MR) is 110 cm³/mol. The molecule has 1 fully saturated rings. The number of nitrogens with one attached hydrogen (secondary N) is 3. The van der Waals surface area contributed by atoms with Crippen LogP contribution in [-0.2, 0) is 6.54 Å². The number of aromatic nitrogens is 2. The fraction of sp³-hybridized carbons (Fsp3) is 0.250. The SMILES string of the molecule is NCc1ccc(C(=O)Nc2ccc3nc(N4CCNCC4)[nH]c(=O)c3c2)cc1. The number of H-pyrrole nitrogens is 1. The Morgan fingerprint density at radius 1 is 1.14 bits per heavy atom. The normalized spacial score (nSPS) is 14.2. The summed E-state index contributed by atoms with van der Waals surface area (Å²) in [5.41, 5.74) is 7.99. The molecule has 4 rings (SSSR count). The first kappa shape index (κ1) is 18.1. The van der Waals surface area contributed by atoms with Crippen molar-refractivity contribution in [2.75, 3.05) is 36.4 Å². The molecule has 1 saturated heterocycles. The minimum atomic E-state index is -0.246. The van der Waals surface area contributed by atoms with Crippen LogP contribution in [0.2, 0.25) is 0 Å². The highest BCUT2D eigenvalue weighted by atomic mass is 16.1. The zero-order valence-electron chi connectivity index (χ0n) is 15.4. The molecule has 0 atom stereocenters. The molecule has 5 N–H and O–H groups in total. The van der Waals surface area contributed by atoms with Gasteiger partial charge in [0, 0.05) is 44.0 Å². The van der Waals surface area contributed by atoms with Gasteiger partial charge in [0.2, 0.25) is 5.95 Å². The van der Waals surface area contributed by atoms with Crippen LogP contribution in [0, 0.1) is 0 Å². The molecule has 2 aromatic carbocycles. The number of nitrogens with zero attached hydrogens (tertiary/aromatic N) is 2. The van der Waals surface area contributed by atoms with Gasteiger partial charge in [0.05, 0.1) is 10.9 Å². The van der Waals surface area contributed by atoms with Gasteiger partial charge in [-0.2, -0.15) is 0 Å². The topological polar surface area (TPSA) is 116 Å². The molecular formula is C20H22N6O2. The van der Waals surface area contributed by atoms with Gasteiger partial charge in [0.1, 0.15) is 0 Å². The molecule has 1 aliphatic heterocycles. The molecule has 8 nitrogen and oxygen atoms in total. The van der Waals surface area contributed by atoms with Crippen molar-refractivity contribution in [3.8, 4) is 0 Å². The van der Waals surface area contributed by atoms with E-state index < -0.39 is 0 Å². The minimum absolute atomic E-state index is 0.220. The number of carbonyl (C=O) groups is 1. The molecule has 0 bridgehead atoms. The van der Waals surface area contributed by atoms with Gasteiger partial charge in [-0.05, 0) is 35.9 Å². The van der Waals surface area contributed by atoms with E-state index >= 15 is 0 Å². The summed E-state index contributed by atoms with van der Waals surface area (Å²) < 4.78 is 0. The van der Waals surface area contributed by atoms with Gasteiger partial charge in [-0.15, -0.1) is 0 Å². The van der Waals surface area contributed by atoms with Crippen LogP contribution in [0.1, 0.15) is 15.9 Å². The number of rotatable bonds is 4. The van der Waals surface area contributed by atoms with E-state index in [1.807, 2.05) is 12.1 Å². The minimum Gasteiger partial charge on any atom is -0.340 e. The molecule has 0 saturated carbocycles. The molecule has 0 aliphatic carbocycles. The Kier molecular flexibility index (Phi) is 5.05. The Bertz CT molecular complexity index is 1050. The molecule has 144 valence electrons. The quantitative estimate of drug-likeness (QED) is 0.539. The van der Waals surface area contributed by atoms with E-state index in [0.717, 1.165) is 31.7 Å². The monoisotopic (exact) mass is 378 g/mol. The van der Waals surface area contributed by atoms with Gasteiger partial charge < -0.3 is 21.3 Å². The maximum atomic E-state index is 12.6. The molecule has 0 spiro atoms. The van der Waals surface area contributed by atoms with Crippen molar-refractivity contribution in [2.45, 2.75) is 6.54 Å². The first-order valence-corrected chi connectivity index (χ1v) is 9.24. The second-order valence-corrected chi connectivity index (χ2v) is 6.71. The molecule has 3 aromatic rings.